The Hall–Kier alpha value is -1.57. The summed E-state index contributed by atoms with van der Waals surface area (Å²) < 4.78 is 0. The molecule has 0 fully saturated rings. The van der Waals surface area contributed by atoms with Gasteiger partial charge in [-0.15, -0.1) is 6.58 Å². The molecule has 0 saturated heterocycles. The Balaban J connectivity index is 2.68. The van der Waals surface area contributed by atoms with Gasteiger partial charge in [-0.05, 0) is 25.5 Å². The quantitative estimate of drug-likeness (QED) is 0.504. The highest BCUT2D eigenvalue weighted by Crippen LogP contribution is 2.11. The first-order valence-corrected chi connectivity index (χ1v) is 7.19. The number of unbranched alkanes of at least 4 members (excludes halogenated alkanes) is 3. The van der Waals surface area contributed by atoms with E-state index in [1.165, 1.54) is 19.3 Å². The normalized spacial score (nSPS) is 11.9. The summed E-state index contributed by atoms with van der Waals surface area (Å²) in [6.07, 6.45) is 6.52. The minimum absolute atomic E-state index is 0.0781. The predicted molar refractivity (Wildman–Crippen MR) is 81.3 cm³/mol. The molecular weight excluding hydrogens is 234 g/mol. The molecule has 1 unspecified atom stereocenters. The summed E-state index contributed by atoms with van der Waals surface area (Å²) in [7, 11) is 0. The highest BCUT2D eigenvalue weighted by Gasteiger charge is 2.18. The summed E-state index contributed by atoms with van der Waals surface area (Å²) in [5.74, 6) is 0.101. The Labute approximate surface area is 117 Å². The Morgan fingerprint density at radius 1 is 1.26 bits per heavy atom. The van der Waals surface area contributed by atoms with Crippen molar-refractivity contribution in [3.63, 3.8) is 0 Å². The molecule has 0 N–H and O–H groups in total. The fraction of sp³-hybridized carbons (Fsp3) is 0.471. The van der Waals surface area contributed by atoms with Crippen LogP contribution in [-0.2, 0) is 0 Å². The van der Waals surface area contributed by atoms with Crippen molar-refractivity contribution in [3.05, 3.63) is 48.6 Å². The molecule has 0 aliphatic carbocycles. The maximum Gasteiger partial charge on any atom is 0.254 e. The van der Waals surface area contributed by atoms with Gasteiger partial charge in [0.2, 0.25) is 0 Å². The molecule has 0 spiro atoms. The van der Waals surface area contributed by atoms with Crippen molar-refractivity contribution < 1.29 is 4.79 Å². The van der Waals surface area contributed by atoms with Crippen LogP contribution in [0.15, 0.2) is 43.0 Å². The van der Waals surface area contributed by atoms with E-state index in [2.05, 4.69) is 13.5 Å². The highest BCUT2D eigenvalue weighted by molar-refractivity contribution is 5.94. The molecule has 2 nitrogen and oxygen atoms in total. The molecule has 0 radical (unpaired) electrons. The van der Waals surface area contributed by atoms with Gasteiger partial charge >= 0.3 is 0 Å². The molecule has 1 atom stereocenters. The maximum atomic E-state index is 12.5. The molecule has 1 aromatic rings. The van der Waals surface area contributed by atoms with Gasteiger partial charge in [0.25, 0.3) is 5.91 Å². The first kappa shape index (κ1) is 15.5. The lowest BCUT2D eigenvalue weighted by Gasteiger charge is -2.27. The van der Waals surface area contributed by atoms with E-state index in [4.69, 9.17) is 0 Å². The van der Waals surface area contributed by atoms with E-state index in [-0.39, 0.29) is 11.9 Å². The first-order valence-electron chi connectivity index (χ1n) is 7.19. The van der Waals surface area contributed by atoms with Crippen molar-refractivity contribution >= 4 is 5.91 Å². The van der Waals surface area contributed by atoms with Gasteiger partial charge in [-0.2, -0.15) is 0 Å². The smallest absolute Gasteiger partial charge is 0.254 e. The van der Waals surface area contributed by atoms with Crippen LogP contribution in [0.4, 0.5) is 0 Å². The third kappa shape index (κ3) is 4.90. The lowest BCUT2D eigenvalue weighted by atomic mass is 10.1. The van der Waals surface area contributed by atoms with Crippen LogP contribution in [0, 0.1) is 0 Å². The largest absolute Gasteiger partial charge is 0.333 e. The van der Waals surface area contributed by atoms with Crippen LogP contribution in [0.3, 0.4) is 0 Å². The van der Waals surface area contributed by atoms with Gasteiger partial charge in [-0.3, -0.25) is 4.79 Å². The Morgan fingerprint density at radius 2 is 1.95 bits per heavy atom. The summed E-state index contributed by atoms with van der Waals surface area (Å²) in [5.41, 5.74) is 0.756. The molecule has 0 aliphatic rings. The van der Waals surface area contributed by atoms with E-state index in [1.807, 2.05) is 48.2 Å². The second-order valence-corrected chi connectivity index (χ2v) is 4.90. The van der Waals surface area contributed by atoms with Gasteiger partial charge in [0, 0.05) is 18.2 Å². The number of amides is 1. The maximum absolute atomic E-state index is 12.5. The van der Waals surface area contributed by atoms with E-state index in [0.29, 0.717) is 0 Å². The molecule has 0 bridgehead atoms. The number of carbonyl (C=O) groups excluding carboxylic acids is 1. The number of carbonyl (C=O) groups is 1. The van der Waals surface area contributed by atoms with Crippen LogP contribution >= 0.6 is 0 Å². The SMILES string of the molecule is C=CC(C)N(CCCCCC)C(=O)c1ccccc1. The summed E-state index contributed by atoms with van der Waals surface area (Å²) >= 11 is 0. The van der Waals surface area contributed by atoms with Gasteiger partial charge < -0.3 is 4.90 Å². The average molecular weight is 259 g/mol. The van der Waals surface area contributed by atoms with E-state index >= 15 is 0 Å². The predicted octanol–water partition coefficient (Wildman–Crippen LogP) is 4.28. The number of nitrogens with zero attached hydrogens (tertiary/aromatic N) is 1. The number of hydrogen-bond donors (Lipinski definition) is 0. The molecule has 0 saturated carbocycles. The summed E-state index contributed by atoms with van der Waals surface area (Å²) in [4.78, 5) is 14.4. The van der Waals surface area contributed by atoms with Crippen molar-refractivity contribution in [1.29, 1.82) is 0 Å². The third-order valence-electron chi connectivity index (χ3n) is 3.37. The van der Waals surface area contributed by atoms with Crippen LogP contribution in [-0.4, -0.2) is 23.4 Å². The summed E-state index contributed by atoms with van der Waals surface area (Å²) in [6.45, 7) is 8.83. The molecule has 2 heteroatoms. The van der Waals surface area contributed by atoms with E-state index in [0.717, 1.165) is 18.5 Å². The first-order chi connectivity index (χ1) is 9.20. The van der Waals surface area contributed by atoms with Crippen molar-refractivity contribution in [2.75, 3.05) is 6.54 Å². The van der Waals surface area contributed by atoms with Crippen LogP contribution in [0.25, 0.3) is 0 Å². The zero-order valence-electron chi connectivity index (χ0n) is 12.1. The van der Waals surface area contributed by atoms with E-state index in [9.17, 15) is 4.79 Å². The molecule has 1 aromatic carbocycles. The summed E-state index contributed by atoms with van der Waals surface area (Å²) in [6, 6.07) is 9.56. The molecule has 19 heavy (non-hydrogen) atoms. The van der Waals surface area contributed by atoms with Gasteiger partial charge in [0.15, 0.2) is 0 Å². The zero-order valence-corrected chi connectivity index (χ0v) is 12.1. The Morgan fingerprint density at radius 3 is 2.53 bits per heavy atom. The van der Waals surface area contributed by atoms with E-state index in [1.54, 1.807) is 0 Å². The van der Waals surface area contributed by atoms with Gasteiger partial charge in [-0.1, -0.05) is 50.5 Å². The van der Waals surface area contributed by atoms with E-state index < -0.39 is 0 Å². The standard InChI is InChI=1S/C17H25NO/c1-4-6-7-11-14-18(15(3)5-2)17(19)16-12-9-8-10-13-16/h5,8-10,12-13,15H,2,4,6-7,11,14H2,1,3H3. The minimum Gasteiger partial charge on any atom is -0.333 e. The molecule has 1 rings (SSSR count). The number of rotatable bonds is 8. The fourth-order valence-corrected chi connectivity index (χ4v) is 2.07. The fourth-order valence-electron chi connectivity index (χ4n) is 2.07. The highest BCUT2D eigenvalue weighted by atomic mass is 16.2. The van der Waals surface area contributed by atoms with Crippen molar-refractivity contribution in [1.82, 2.24) is 4.90 Å². The molecule has 0 aliphatic heterocycles. The van der Waals surface area contributed by atoms with Crippen LogP contribution < -0.4 is 0 Å². The molecule has 0 aromatic heterocycles. The second kappa shape index (κ2) is 8.52. The average Bonchev–Trinajstić information content (AvgIpc) is 2.47. The van der Waals surface area contributed by atoms with Crippen molar-refractivity contribution in [3.8, 4) is 0 Å². The molecule has 104 valence electrons. The second-order valence-electron chi connectivity index (χ2n) is 4.90. The Bertz CT molecular complexity index is 386. The van der Waals surface area contributed by atoms with Crippen LogP contribution in [0.5, 0.6) is 0 Å². The molecular formula is C17H25NO. The Kier molecular flexibility index (Phi) is 6.94. The third-order valence-corrected chi connectivity index (χ3v) is 3.37. The van der Waals surface area contributed by atoms with Crippen LogP contribution in [0.2, 0.25) is 0 Å². The monoisotopic (exact) mass is 259 g/mol. The van der Waals surface area contributed by atoms with Gasteiger partial charge in [0.1, 0.15) is 0 Å². The molecule has 0 heterocycles. The van der Waals surface area contributed by atoms with Gasteiger partial charge in [0.05, 0.1) is 0 Å². The minimum atomic E-state index is 0.0781. The number of benzene rings is 1. The van der Waals surface area contributed by atoms with Gasteiger partial charge in [-0.25, -0.2) is 0 Å². The lowest BCUT2D eigenvalue weighted by molar-refractivity contribution is 0.0721. The van der Waals surface area contributed by atoms with Crippen molar-refractivity contribution in [2.24, 2.45) is 0 Å². The topological polar surface area (TPSA) is 20.3 Å². The van der Waals surface area contributed by atoms with Crippen molar-refractivity contribution in [2.45, 2.75) is 45.6 Å². The number of hydrogen-bond acceptors (Lipinski definition) is 1. The summed E-state index contributed by atoms with van der Waals surface area (Å²) in [5, 5.41) is 0. The van der Waals surface area contributed by atoms with Crippen LogP contribution in [0.1, 0.15) is 49.9 Å². The zero-order chi connectivity index (χ0) is 14.1. The lowest BCUT2D eigenvalue weighted by Crippen LogP contribution is -2.38. The molecule has 1 amide bonds.